The first kappa shape index (κ1) is 10.1. The molecule has 0 fully saturated rings. The van der Waals surface area contributed by atoms with Gasteiger partial charge in [0.05, 0.1) is 0 Å². The number of hydrogen-bond acceptors (Lipinski definition) is 2. The first-order valence-electron chi connectivity index (χ1n) is 4.77. The van der Waals surface area contributed by atoms with E-state index in [1.807, 2.05) is 12.1 Å². The lowest BCUT2D eigenvalue weighted by Gasteiger charge is -2.16. The van der Waals surface area contributed by atoms with Crippen molar-refractivity contribution in [3.05, 3.63) is 29.3 Å². The van der Waals surface area contributed by atoms with Crippen LogP contribution in [0.3, 0.4) is 0 Å². The van der Waals surface area contributed by atoms with Gasteiger partial charge >= 0.3 is 0 Å². The van der Waals surface area contributed by atoms with E-state index < -0.39 is 0 Å². The van der Waals surface area contributed by atoms with Crippen molar-refractivity contribution in [2.75, 3.05) is 5.73 Å². The Kier molecular flexibility index (Phi) is 3.32. The summed E-state index contributed by atoms with van der Waals surface area (Å²) in [5.74, 6) is 0. The van der Waals surface area contributed by atoms with Gasteiger partial charge in [-0.1, -0.05) is 25.5 Å². The molecule has 2 nitrogen and oxygen atoms in total. The Morgan fingerprint density at radius 1 is 1.38 bits per heavy atom. The smallest absolute Gasteiger partial charge is 0.0365 e. The van der Waals surface area contributed by atoms with Gasteiger partial charge in [-0.2, -0.15) is 0 Å². The van der Waals surface area contributed by atoms with E-state index in [-0.39, 0.29) is 6.04 Å². The average molecular weight is 178 g/mol. The van der Waals surface area contributed by atoms with Crippen molar-refractivity contribution >= 4 is 5.69 Å². The summed E-state index contributed by atoms with van der Waals surface area (Å²) in [7, 11) is 0. The Balaban J connectivity index is 2.98. The Labute approximate surface area is 79.9 Å². The van der Waals surface area contributed by atoms with E-state index in [9.17, 15) is 0 Å². The van der Waals surface area contributed by atoms with Crippen molar-refractivity contribution < 1.29 is 0 Å². The lowest BCUT2D eigenvalue weighted by Crippen LogP contribution is -2.13. The van der Waals surface area contributed by atoms with Gasteiger partial charge in [-0.05, 0) is 30.5 Å². The van der Waals surface area contributed by atoms with Crippen LogP contribution in [0.15, 0.2) is 18.2 Å². The quantitative estimate of drug-likeness (QED) is 0.698. The standard InChI is InChI=1S/C11H18N2/c1-3-5-9(12)11-8(2)6-4-7-10(11)13/h4,6-7,9H,3,5,12-13H2,1-2H3/t9-/m0/s1. The molecule has 1 rings (SSSR count). The maximum Gasteiger partial charge on any atom is 0.0365 e. The molecule has 2 heteroatoms. The third-order valence-electron chi connectivity index (χ3n) is 2.33. The lowest BCUT2D eigenvalue weighted by molar-refractivity contribution is 0.637. The second kappa shape index (κ2) is 4.28. The van der Waals surface area contributed by atoms with Gasteiger partial charge in [0.25, 0.3) is 0 Å². The van der Waals surface area contributed by atoms with Crippen LogP contribution in [0.25, 0.3) is 0 Å². The van der Waals surface area contributed by atoms with Gasteiger partial charge in [-0.3, -0.25) is 0 Å². The van der Waals surface area contributed by atoms with Crippen LogP contribution in [0, 0.1) is 6.92 Å². The van der Waals surface area contributed by atoms with E-state index in [1.54, 1.807) is 0 Å². The molecule has 0 aliphatic carbocycles. The number of anilines is 1. The highest BCUT2D eigenvalue weighted by Crippen LogP contribution is 2.25. The largest absolute Gasteiger partial charge is 0.398 e. The zero-order chi connectivity index (χ0) is 9.84. The molecule has 0 aliphatic rings. The molecular formula is C11H18N2. The van der Waals surface area contributed by atoms with E-state index in [1.165, 1.54) is 5.56 Å². The molecule has 0 unspecified atom stereocenters. The van der Waals surface area contributed by atoms with Crippen LogP contribution in [0.5, 0.6) is 0 Å². The number of rotatable bonds is 3. The number of benzene rings is 1. The van der Waals surface area contributed by atoms with E-state index in [0.717, 1.165) is 24.1 Å². The molecule has 1 aromatic rings. The first-order valence-corrected chi connectivity index (χ1v) is 4.77. The summed E-state index contributed by atoms with van der Waals surface area (Å²) in [6.07, 6.45) is 2.09. The second-order valence-electron chi connectivity index (χ2n) is 3.47. The number of aryl methyl sites for hydroxylation is 1. The van der Waals surface area contributed by atoms with Gasteiger partial charge in [-0.25, -0.2) is 0 Å². The summed E-state index contributed by atoms with van der Waals surface area (Å²) in [5, 5.41) is 0. The molecule has 1 aromatic carbocycles. The molecule has 0 radical (unpaired) electrons. The van der Waals surface area contributed by atoms with Crippen molar-refractivity contribution in [3.8, 4) is 0 Å². The third-order valence-corrected chi connectivity index (χ3v) is 2.33. The van der Waals surface area contributed by atoms with Crippen molar-refractivity contribution in [1.82, 2.24) is 0 Å². The van der Waals surface area contributed by atoms with Crippen molar-refractivity contribution in [3.63, 3.8) is 0 Å². The SMILES string of the molecule is CCC[C@H](N)c1c(C)cccc1N. The number of nitrogen functional groups attached to an aromatic ring is 1. The molecule has 0 aliphatic heterocycles. The molecule has 0 saturated heterocycles. The highest BCUT2D eigenvalue weighted by atomic mass is 14.7. The predicted octanol–water partition coefficient (Wildman–Crippen LogP) is 2.38. The van der Waals surface area contributed by atoms with Crippen LogP contribution in [0.2, 0.25) is 0 Å². The fourth-order valence-electron chi connectivity index (χ4n) is 1.67. The van der Waals surface area contributed by atoms with E-state index in [2.05, 4.69) is 19.9 Å². The molecular weight excluding hydrogens is 160 g/mol. The van der Waals surface area contributed by atoms with Crippen LogP contribution in [-0.4, -0.2) is 0 Å². The minimum absolute atomic E-state index is 0.0891. The molecule has 1 atom stereocenters. The van der Waals surface area contributed by atoms with E-state index in [4.69, 9.17) is 11.5 Å². The van der Waals surface area contributed by atoms with Crippen molar-refractivity contribution in [1.29, 1.82) is 0 Å². The summed E-state index contributed by atoms with van der Waals surface area (Å²) < 4.78 is 0. The summed E-state index contributed by atoms with van der Waals surface area (Å²) >= 11 is 0. The maximum atomic E-state index is 6.03. The van der Waals surface area contributed by atoms with Gasteiger partial charge in [0, 0.05) is 11.7 Å². The topological polar surface area (TPSA) is 52.0 Å². The number of nitrogens with two attached hydrogens (primary N) is 2. The average Bonchev–Trinajstić information content (AvgIpc) is 2.04. The van der Waals surface area contributed by atoms with E-state index >= 15 is 0 Å². The maximum absolute atomic E-state index is 6.03. The van der Waals surface area contributed by atoms with Gasteiger partial charge in [0.2, 0.25) is 0 Å². The molecule has 4 N–H and O–H groups in total. The highest BCUT2D eigenvalue weighted by molar-refractivity contribution is 5.52. The van der Waals surface area contributed by atoms with Crippen LogP contribution in [0.4, 0.5) is 5.69 Å². The summed E-state index contributed by atoms with van der Waals surface area (Å²) in [5.41, 5.74) is 15.0. The first-order chi connectivity index (χ1) is 6.16. The molecule has 0 spiro atoms. The molecule has 0 saturated carbocycles. The van der Waals surface area contributed by atoms with Gasteiger partial charge in [0.1, 0.15) is 0 Å². The molecule has 0 aromatic heterocycles. The fraction of sp³-hybridized carbons (Fsp3) is 0.455. The van der Waals surface area contributed by atoms with Crippen LogP contribution < -0.4 is 11.5 Å². The normalized spacial score (nSPS) is 12.8. The summed E-state index contributed by atoms with van der Waals surface area (Å²) in [6.45, 7) is 4.19. The Morgan fingerprint density at radius 2 is 2.08 bits per heavy atom. The monoisotopic (exact) mass is 178 g/mol. The summed E-state index contributed by atoms with van der Waals surface area (Å²) in [4.78, 5) is 0. The Morgan fingerprint density at radius 3 is 2.62 bits per heavy atom. The summed E-state index contributed by atoms with van der Waals surface area (Å²) in [6, 6.07) is 6.03. The molecule has 0 bridgehead atoms. The second-order valence-corrected chi connectivity index (χ2v) is 3.47. The van der Waals surface area contributed by atoms with Crippen LogP contribution >= 0.6 is 0 Å². The fourth-order valence-corrected chi connectivity index (χ4v) is 1.67. The van der Waals surface area contributed by atoms with Gasteiger partial charge in [0.15, 0.2) is 0 Å². The minimum atomic E-state index is 0.0891. The zero-order valence-corrected chi connectivity index (χ0v) is 8.38. The third kappa shape index (κ3) is 2.22. The van der Waals surface area contributed by atoms with Gasteiger partial charge in [-0.15, -0.1) is 0 Å². The Bertz CT molecular complexity index is 261. The van der Waals surface area contributed by atoms with Crippen molar-refractivity contribution in [2.24, 2.45) is 5.73 Å². The minimum Gasteiger partial charge on any atom is -0.398 e. The van der Waals surface area contributed by atoms with Crippen LogP contribution in [-0.2, 0) is 0 Å². The highest BCUT2D eigenvalue weighted by Gasteiger charge is 2.10. The molecule has 0 heterocycles. The van der Waals surface area contributed by atoms with Crippen molar-refractivity contribution in [2.45, 2.75) is 32.7 Å². The molecule has 0 amide bonds. The molecule has 72 valence electrons. The van der Waals surface area contributed by atoms with Gasteiger partial charge < -0.3 is 11.5 Å². The molecule has 13 heavy (non-hydrogen) atoms. The van der Waals surface area contributed by atoms with Crippen LogP contribution in [0.1, 0.15) is 36.9 Å². The number of hydrogen-bond donors (Lipinski definition) is 2. The Hall–Kier alpha value is -1.02. The lowest BCUT2D eigenvalue weighted by atomic mass is 9.97. The predicted molar refractivity (Wildman–Crippen MR) is 57.4 cm³/mol. The zero-order valence-electron chi connectivity index (χ0n) is 8.38. The van der Waals surface area contributed by atoms with E-state index in [0.29, 0.717) is 0 Å².